The fourth-order valence-electron chi connectivity index (χ4n) is 0. The number of carboxylic acid groups (broad SMARTS) is 22. The molecule has 0 saturated heterocycles. The minimum absolute atomic E-state index is 0. The van der Waals surface area contributed by atoms with Crippen molar-refractivity contribution in [2.45, 2.75) is 0 Å². The number of rotatable bonds is 0. The molecule has 35 nitrogen and oxygen atoms in total. The summed E-state index contributed by atoms with van der Waals surface area (Å²) in [6, 6.07) is 0. The van der Waals surface area contributed by atoms with Crippen LogP contribution in [0.25, 0.3) is 0 Å². The van der Waals surface area contributed by atoms with Crippen LogP contribution in [0, 0.1) is 0 Å². The number of carbonyl (C=O) groups excluding carboxylic acids is 6. The van der Waals surface area contributed by atoms with Crippen molar-refractivity contribution in [1.29, 1.82) is 0 Å². The molecule has 0 fully saturated rings. The van der Waals surface area contributed by atoms with Crippen LogP contribution in [0.1, 0.15) is 0 Å². The molecule has 280 valence electrons. The van der Waals surface area contributed by atoms with Crippen molar-refractivity contribution >= 4 is 67.7 Å². The van der Waals surface area contributed by atoms with Crippen molar-refractivity contribution < 1.29 is 618 Å². The Morgan fingerprint density at radius 2 is 0.207 bits per heavy atom. The summed E-state index contributed by atoms with van der Waals surface area (Å²) in [7, 11) is 0. The van der Waals surface area contributed by atoms with Crippen molar-refractivity contribution in [3.63, 3.8) is 0 Å². The number of hydrogen-bond acceptors (Lipinski definition) is 23. The fourth-order valence-corrected chi connectivity index (χ4v) is 0. The average molecular weight is 1050 g/mol. The minimum Gasteiger partial charge on any atom is -0.652 e. The number of hydrogen-bond donors (Lipinski definition) is 10. The van der Waals surface area contributed by atoms with E-state index < -0.39 is 67.7 Å². The standard InChI is InChI=1S/11CH2O3.4K.8Na.2H2O/c11*2-1(3)4;;;;;;;;;;;;;;/h11*(H2,2,3,4);;;;;;;;;;;;;2*1H2/q;;;;;;;;;;;12*+1;;/p-12. The molecule has 0 aromatic heterocycles. The summed E-state index contributed by atoms with van der Waals surface area (Å²) in [5, 5.41) is 170. The second-order valence-electron chi connectivity index (χ2n) is 2.91. The normalized spacial score (nSPS) is 4.55. The Hall–Kier alpha value is 6.44. The Labute approximate surface area is 668 Å². The van der Waals surface area contributed by atoms with Gasteiger partial charge >= 0.3 is 473 Å². The molecule has 0 aliphatic rings. The van der Waals surface area contributed by atoms with Gasteiger partial charge in [-0.25, -0.2) is 24.0 Å². The first-order chi connectivity index (χ1) is 19.1. The van der Waals surface area contributed by atoms with E-state index in [1.54, 1.807) is 0 Å². The SMILES string of the molecule is O.O.O=C(O)O.O=C(O)O.O=C(O)O.O=C(O)O.O=C(O)O.O=C([O-])[O-].O=C([O-])[O-].O=C([O-])[O-].O=C([O-])[O-].O=C([O-])[O-].O=C([O-])[O-].[K+].[K+].[K+].[K+].[Na+].[Na+].[Na+].[Na+].[Na+].[Na+].[Na+].[Na+]. The van der Waals surface area contributed by atoms with Crippen LogP contribution in [0.2, 0.25) is 0 Å². The molecule has 0 aliphatic heterocycles. The molecule has 0 aromatic carbocycles. The van der Waals surface area contributed by atoms with Crippen LogP contribution >= 0.6 is 0 Å². The average Bonchev–Trinajstić information content (AvgIpc) is 2.55. The van der Waals surface area contributed by atoms with E-state index in [-0.39, 0.29) is 453 Å². The van der Waals surface area contributed by atoms with Crippen LogP contribution in [-0.2, 0) is 0 Å². The molecule has 0 spiro atoms. The van der Waals surface area contributed by atoms with Gasteiger partial charge in [-0.1, -0.05) is 0 Å². The topological polar surface area (TPSA) is 730 Å². The van der Waals surface area contributed by atoms with Gasteiger partial charge in [0.1, 0.15) is 0 Å². The fraction of sp³-hybridized carbons (Fsp3) is 0. The van der Waals surface area contributed by atoms with Gasteiger partial charge < -0.3 is 152 Å². The van der Waals surface area contributed by atoms with E-state index >= 15 is 0 Å². The minimum atomic E-state index is -2.33. The zero-order chi connectivity index (χ0) is 39.4. The molecular formula is C11H14K4Na8O35. The third-order valence-electron chi connectivity index (χ3n) is 0. The van der Waals surface area contributed by atoms with Crippen molar-refractivity contribution in [3.8, 4) is 0 Å². The molecular weight excluding hydrogens is 1030 g/mol. The van der Waals surface area contributed by atoms with Crippen LogP contribution in [0.15, 0.2) is 0 Å². The molecule has 14 N–H and O–H groups in total. The Kier molecular flexibility index (Phi) is 457. The van der Waals surface area contributed by atoms with Gasteiger partial charge in [0.15, 0.2) is 0 Å². The van der Waals surface area contributed by atoms with Crippen LogP contribution in [-0.4, -0.2) is 130 Å². The first-order valence-corrected chi connectivity index (χ1v) is 6.93. The van der Waals surface area contributed by atoms with Gasteiger partial charge in [0.05, 0.1) is 0 Å². The zero-order valence-corrected chi connectivity index (χ0v) is 60.9. The van der Waals surface area contributed by atoms with E-state index in [2.05, 4.69) is 0 Å². The van der Waals surface area contributed by atoms with E-state index in [1.807, 2.05) is 0 Å². The van der Waals surface area contributed by atoms with Gasteiger partial charge in [0.25, 0.3) is 0 Å². The molecule has 0 amide bonds. The van der Waals surface area contributed by atoms with Crippen LogP contribution in [0.4, 0.5) is 52.7 Å². The van der Waals surface area contributed by atoms with E-state index in [0.717, 1.165) is 0 Å². The molecule has 47 heteroatoms. The van der Waals surface area contributed by atoms with E-state index in [4.69, 9.17) is 165 Å². The molecule has 0 aliphatic carbocycles. The molecule has 0 rings (SSSR count). The summed E-state index contributed by atoms with van der Waals surface area (Å²) in [6.45, 7) is 0. The van der Waals surface area contributed by atoms with Crippen molar-refractivity contribution in [2.24, 2.45) is 0 Å². The van der Waals surface area contributed by atoms with Gasteiger partial charge in [-0.15, -0.1) is 0 Å². The van der Waals surface area contributed by atoms with E-state index in [0.29, 0.717) is 0 Å². The second-order valence-corrected chi connectivity index (χ2v) is 2.91. The Morgan fingerprint density at radius 3 is 0.207 bits per heavy atom. The third-order valence-corrected chi connectivity index (χ3v) is 0. The Balaban J connectivity index is -0.00000000877. The summed E-state index contributed by atoms with van der Waals surface area (Å²) >= 11 is 0. The predicted octanol–water partition coefficient (Wildman–Crippen LogP) is -51.2. The smallest absolute Gasteiger partial charge is 0.652 e. The quantitative estimate of drug-likeness (QED) is 0.101. The van der Waals surface area contributed by atoms with Gasteiger partial charge in [-0.05, 0) is 36.9 Å². The van der Waals surface area contributed by atoms with E-state index in [9.17, 15) is 0 Å². The predicted molar refractivity (Wildman–Crippen MR) is 92.9 cm³/mol. The second kappa shape index (κ2) is 159. The van der Waals surface area contributed by atoms with Crippen molar-refractivity contribution in [3.05, 3.63) is 0 Å². The maximum absolute atomic E-state index is 8.56. The third kappa shape index (κ3) is 5690. The molecule has 0 radical (unpaired) electrons. The summed E-state index contributed by atoms with van der Waals surface area (Å²) in [5.74, 6) is 0. The van der Waals surface area contributed by atoms with Gasteiger partial charge in [0.2, 0.25) is 0 Å². The molecule has 0 heterocycles. The summed E-state index contributed by atoms with van der Waals surface area (Å²) in [4.78, 5) is 92.8. The monoisotopic (exact) mass is 1050 g/mol. The molecule has 0 unspecified atom stereocenters. The maximum Gasteiger partial charge on any atom is 1.00 e. The van der Waals surface area contributed by atoms with E-state index in [1.165, 1.54) is 0 Å². The summed E-state index contributed by atoms with van der Waals surface area (Å²) in [6.07, 6.45) is -23.2. The molecule has 58 heavy (non-hydrogen) atoms. The van der Waals surface area contributed by atoms with Crippen molar-refractivity contribution in [1.82, 2.24) is 0 Å². The molecule has 0 bridgehead atoms. The molecule has 0 atom stereocenters. The van der Waals surface area contributed by atoms with Gasteiger partial charge in [-0.2, -0.15) is 0 Å². The van der Waals surface area contributed by atoms with Crippen LogP contribution in [0.3, 0.4) is 0 Å². The molecule has 0 saturated carbocycles. The Morgan fingerprint density at radius 1 is 0.207 bits per heavy atom. The van der Waals surface area contributed by atoms with Gasteiger partial charge in [0, 0.05) is 0 Å². The van der Waals surface area contributed by atoms with Crippen molar-refractivity contribution in [2.75, 3.05) is 0 Å². The maximum atomic E-state index is 8.56. The first-order valence-electron chi connectivity index (χ1n) is 6.93. The number of carbonyl (C=O) groups is 11. The largest absolute Gasteiger partial charge is 1.00 e. The van der Waals surface area contributed by atoms with Crippen LogP contribution in [0.5, 0.6) is 0 Å². The zero-order valence-electron chi connectivity index (χ0n) is 32.4. The van der Waals surface area contributed by atoms with Gasteiger partial charge in [-0.3, -0.25) is 0 Å². The Bertz CT molecular complexity index is 572. The summed E-state index contributed by atoms with van der Waals surface area (Å²) in [5.41, 5.74) is 0. The molecule has 0 aromatic rings. The summed E-state index contributed by atoms with van der Waals surface area (Å²) < 4.78 is 0. The van der Waals surface area contributed by atoms with Crippen LogP contribution < -0.4 is 503 Å². The first kappa shape index (κ1) is 167.